The van der Waals surface area contributed by atoms with Gasteiger partial charge in [-0.2, -0.15) is 0 Å². The Balaban J connectivity index is 4.04. The van der Waals surface area contributed by atoms with Crippen LogP contribution in [0.15, 0.2) is 12.3 Å². The van der Waals surface area contributed by atoms with Crippen molar-refractivity contribution in [2.24, 2.45) is 5.92 Å². The van der Waals surface area contributed by atoms with Crippen LogP contribution >= 0.6 is 0 Å². The third-order valence-electron chi connectivity index (χ3n) is 1.43. The van der Waals surface area contributed by atoms with Crippen molar-refractivity contribution in [2.45, 2.75) is 33.2 Å². The summed E-state index contributed by atoms with van der Waals surface area (Å²) < 4.78 is 0. The molecule has 0 heterocycles. The van der Waals surface area contributed by atoms with Crippen molar-refractivity contribution in [2.75, 3.05) is 0 Å². The summed E-state index contributed by atoms with van der Waals surface area (Å²) in [4.78, 5) is 10.7. The number of hydrogen-bond donors (Lipinski definition) is 2. The normalized spacial score (nSPS) is 12.7. The summed E-state index contributed by atoms with van der Waals surface area (Å²) in [5, 5.41) is 11.6. The van der Waals surface area contributed by atoms with Gasteiger partial charge in [0.25, 0.3) is 0 Å². The minimum Gasteiger partial charge on any atom is -0.480 e. The van der Waals surface area contributed by atoms with E-state index < -0.39 is 12.0 Å². The second-order valence-electron chi connectivity index (χ2n) is 3.45. The first kappa shape index (κ1) is 11.0. The van der Waals surface area contributed by atoms with Crippen molar-refractivity contribution in [3.05, 3.63) is 12.3 Å². The maximum absolute atomic E-state index is 10.7. The quantitative estimate of drug-likeness (QED) is 0.660. The van der Waals surface area contributed by atoms with Crippen LogP contribution < -0.4 is 5.32 Å². The summed E-state index contributed by atoms with van der Waals surface area (Å²) in [7, 11) is 0. The van der Waals surface area contributed by atoms with Crippen LogP contribution in [0.25, 0.3) is 0 Å². The van der Waals surface area contributed by atoms with Crippen LogP contribution in [0.1, 0.15) is 27.2 Å². The Morgan fingerprint density at radius 2 is 2.08 bits per heavy atom. The summed E-state index contributed by atoms with van der Waals surface area (Å²) in [5.41, 5.74) is 0.697. The molecule has 3 heteroatoms. The molecule has 70 valence electrons. The van der Waals surface area contributed by atoms with E-state index in [1.165, 1.54) is 0 Å². The van der Waals surface area contributed by atoms with Gasteiger partial charge in [-0.3, -0.25) is 0 Å². The Hall–Kier alpha value is -0.990. The van der Waals surface area contributed by atoms with Gasteiger partial charge in [-0.15, -0.1) is 0 Å². The highest BCUT2D eigenvalue weighted by atomic mass is 16.4. The topological polar surface area (TPSA) is 49.3 Å². The SMILES string of the molecule is C=C(C)NC(CC(C)C)C(=O)O. The van der Waals surface area contributed by atoms with Gasteiger partial charge in [0.05, 0.1) is 0 Å². The van der Waals surface area contributed by atoms with E-state index in [-0.39, 0.29) is 0 Å². The smallest absolute Gasteiger partial charge is 0.326 e. The number of carbonyl (C=O) groups is 1. The number of carboxylic acid groups (broad SMARTS) is 1. The summed E-state index contributed by atoms with van der Waals surface area (Å²) in [5.74, 6) is -0.440. The van der Waals surface area contributed by atoms with Crippen LogP contribution in [0.3, 0.4) is 0 Å². The molecule has 0 aliphatic carbocycles. The second kappa shape index (κ2) is 4.80. The third kappa shape index (κ3) is 4.77. The predicted octanol–water partition coefficient (Wildman–Crippen LogP) is 1.61. The van der Waals surface area contributed by atoms with Gasteiger partial charge in [0.15, 0.2) is 0 Å². The first-order valence-electron chi connectivity index (χ1n) is 4.08. The van der Waals surface area contributed by atoms with Crippen molar-refractivity contribution >= 4 is 5.97 Å². The maximum Gasteiger partial charge on any atom is 0.326 e. The number of rotatable bonds is 5. The van der Waals surface area contributed by atoms with Crippen molar-refractivity contribution in [1.82, 2.24) is 5.32 Å². The minimum atomic E-state index is -0.813. The molecule has 0 radical (unpaired) electrons. The molecule has 0 saturated heterocycles. The van der Waals surface area contributed by atoms with E-state index in [2.05, 4.69) is 11.9 Å². The molecule has 12 heavy (non-hydrogen) atoms. The largest absolute Gasteiger partial charge is 0.480 e. The molecule has 2 N–H and O–H groups in total. The third-order valence-corrected chi connectivity index (χ3v) is 1.43. The second-order valence-corrected chi connectivity index (χ2v) is 3.45. The number of hydrogen-bond acceptors (Lipinski definition) is 2. The Morgan fingerprint density at radius 3 is 2.33 bits per heavy atom. The van der Waals surface area contributed by atoms with Crippen molar-refractivity contribution in [1.29, 1.82) is 0 Å². The van der Waals surface area contributed by atoms with Gasteiger partial charge in [0, 0.05) is 5.70 Å². The zero-order valence-electron chi connectivity index (χ0n) is 7.92. The predicted molar refractivity (Wildman–Crippen MR) is 48.8 cm³/mol. The van der Waals surface area contributed by atoms with Crippen LogP contribution in [0, 0.1) is 5.92 Å². The van der Waals surface area contributed by atoms with Crippen LogP contribution in [0.5, 0.6) is 0 Å². The maximum atomic E-state index is 10.7. The molecule has 0 amide bonds. The average molecular weight is 171 g/mol. The number of allylic oxidation sites excluding steroid dienone is 1. The molecule has 0 fully saturated rings. The highest BCUT2D eigenvalue weighted by Gasteiger charge is 2.17. The zero-order chi connectivity index (χ0) is 9.72. The number of nitrogens with one attached hydrogen (secondary N) is 1. The molecule has 0 aliphatic heterocycles. The van der Waals surface area contributed by atoms with E-state index in [1.54, 1.807) is 6.92 Å². The molecule has 0 saturated carbocycles. The molecule has 0 aliphatic rings. The fourth-order valence-corrected chi connectivity index (χ4v) is 0.990. The van der Waals surface area contributed by atoms with Crippen LogP contribution in [-0.4, -0.2) is 17.1 Å². The Bertz CT molecular complexity index is 175. The molecule has 0 spiro atoms. The van der Waals surface area contributed by atoms with E-state index in [0.29, 0.717) is 18.0 Å². The fraction of sp³-hybridized carbons (Fsp3) is 0.667. The summed E-state index contributed by atoms with van der Waals surface area (Å²) in [6, 6.07) is -0.498. The molecule has 0 rings (SSSR count). The van der Waals surface area contributed by atoms with Crippen LogP contribution in [0.2, 0.25) is 0 Å². The lowest BCUT2D eigenvalue weighted by atomic mass is 10.0. The summed E-state index contributed by atoms with van der Waals surface area (Å²) >= 11 is 0. The lowest BCUT2D eigenvalue weighted by Gasteiger charge is -2.16. The van der Waals surface area contributed by atoms with Gasteiger partial charge in [0.1, 0.15) is 6.04 Å². The Labute approximate surface area is 73.5 Å². The number of aliphatic carboxylic acids is 1. The molecule has 0 aromatic carbocycles. The summed E-state index contributed by atoms with van der Waals surface area (Å²) in [6.45, 7) is 9.36. The van der Waals surface area contributed by atoms with E-state index in [0.717, 1.165) is 0 Å². The fourth-order valence-electron chi connectivity index (χ4n) is 0.990. The van der Waals surface area contributed by atoms with Crippen molar-refractivity contribution in [3.8, 4) is 0 Å². The van der Waals surface area contributed by atoms with Gasteiger partial charge < -0.3 is 10.4 Å². The van der Waals surface area contributed by atoms with Gasteiger partial charge in [-0.1, -0.05) is 20.4 Å². The monoisotopic (exact) mass is 171 g/mol. The zero-order valence-corrected chi connectivity index (χ0v) is 7.92. The standard InChI is InChI=1S/C9H17NO2/c1-6(2)5-8(9(11)12)10-7(3)4/h6,8,10H,3,5H2,1-2,4H3,(H,11,12). The van der Waals surface area contributed by atoms with Crippen LogP contribution in [0.4, 0.5) is 0 Å². The molecular weight excluding hydrogens is 154 g/mol. The first-order chi connectivity index (χ1) is 5.43. The van der Waals surface area contributed by atoms with Gasteiger partial charge in [0.2, 0.25) is 0 Å². The summed E-state index contributed by atoms with van der Waals surface area (Å²) in [6.07, 6.45) is 0.627. The molecular formula is C9H17NO2. The molecule has 0 aromatic rings. The first-order valence-corrected chi connectivity index (χ1v) is 4.08. The highest BCUT2D eigenvalue weighted by molar-refractivity contribution is 5.73. The van der Waals surface area contributed by atoms with E-state index >= 15 is 0 Å². The van der Waals surface area contributed by atoms with Gasteiger partial charge in [-0.05, 0) is 19.3 Å². The average Bonchev–Trinajstić information content (AvgIpc) is 1.83. The molecule has 1 unspecified atom stereocenters. The molecule has 1 atom stereocenters. The van der Waals surface area contributed by atoms with Gasteiger partial charge in [-0.25, -0.2) is 4.79 Å². The van der Waals surface area contributed by atoms with Gasteiger partial charge >= 0.3 is 5.97 Å². The van der Waals surface area contributed by atoms with Crippen molar-refractivity contribution < 1.29 is 9.90 Å². The highest BCUT2D eigenvalue weighted by Crippen LogP contribution is 2.05. The molecule has 0 bridgehead atoms. The Kier molecular flexibility index (Phi) is 4.40. The molecule has 3 nitrogen and oxygen atoms in total. The van der Waals surface area contributed by atoms with E-state index in [9.17, 15) is 4.79 Å². The number of carboxylic acids is 1. The van der Waals surface area contributed by atoms with Crippen LogP contribution in [-0.2, 0) is 4.79 Å². The molecule has 0 aromatic heterocycles. The Morgan fingerprint density at radius 1 is 1.58 bits per heavy atom. The minimum absolute atomic E-state index is 0.373. The lowest BCUT2D eigenvalue weighted by molar-refractivity contribution is -0.139. The van der Waals surface area contributed by atoms with E-state index in [4.69, 9.17) is 5.11 Å². The lowest BCUT2D eigenvalue weighted by Crippen LogP contribution is -2.36. The van der Waals surface area contributed by atoms with Crippen molar-refractivity contribution in [3.63, 3.8) is 0 Å². The van der Waals surface area contributed by atoms with E-state index in [1.807, 2.05) is 13.8 Å².